The second-order valence-corrected chi connectivity index (χ2v) is 5.84. The first-order valence-corrected chi connectivity index (χ1v) is 6.69. The van der Waals surface area contributed by atoms with Gasteiger partial charge >= 0.3 is 5.97 Å². The van der Waals surface area contributed by atoms with Gasteiger partial charge in [-0.05, 0) is 37.1 Å². The standard InChI is InChI=1S/C11H13FO4S/c1-8-7-9(4-5-10(8)12)17(15,16)6-2-3-11(13)14/h4-5,7H,2-3,6H2,1H3,(H,13,14). The molecule has 6 heteroatoms. The average molecular weight is 260 g/mol. The largest absolute Gasteiger partial charge is 0.481 e. The molecule has 0 radical (unpaired) electrons. The number of benzene rings is 1. The molecular formula is C11H13FO4S. The van der Waals surface area contributed by atoms with E-state index in [4.69, 9.17) is 5.11 Å². The highest BCUT2D eigenvalue weighted by Gasteiger charge is 2.15. The average Bonchev–Trinajstić information content (AvgIpc) is 2.21. The summed E-state index contributed by atoms with van der Waals surface area (Å²) in [5.74, 6) is -1.74. The molecule has 0 heterocycles. The van der Waals surface area contributed by atoms with Gasteiger partial charge in [0, 0.05) is 6.42 Å². The van der Waals surface area contributed by atoms with E-state index >= 15 is 0 Å². The van der Waals surface area contributed by atoms with E-state index in [-0.39, 0.29) is 29.1 Å². The van der Waals surface area contributed by atoms with Crippen LogP contribution < -0.4 is 0 Å². The summed E-state index contributed by atoms with van der Waals surface area (Å²) >= 11 is 0. The maximum Gasteiger partial charge on any atom is 0.303 e. The molecule has 0 unspecified atom stereocenters. The van der Waals surface area contributed by atoms with E-state index in [9.17, 15) is 17.6 Å². The Kier molecular flexibility index (Phi) is 4.22. The minimum Gasteiger partial charge on any atom is -0.481 e. The van der Waals surface area contributed by atoms with Crippen LogP contribution in [0.2, 0.25) is 0 Å². The van der Waals surface area contributed by atoms with Crippen LogP contribution in [0.25, 0.3) is 0 Å². The van der Waals surface area contributed by atoms with E-state index in [2.05, 4.69) is 0 Å². The van der Waals surface area contributed by atoms with Crippen molar-refractivity contribution in [2.24, 2.45) is 0 Å². The molecule has 4 nitrogen and oxygen atoms in total. The highest BCUT2D eigenvalue weighted by molar-refractivity contribution is 7.91. The zero-order valence-electron chi connectivity index (χ0n) is 9.31. The molecule has 0 aliphatic carbocycles. The van der Waals surface area contributed by atoms with E-state index in [1.165, 1.54) is 19.1 Å². The molecule has 0 bridgehead atoms. The van der Waals surface area contributed by atoms with Crippen molar-refractivity contribution in [3.63, 3.8) is 0 Å². The molecule has 0 aliphatic rings. The Hall–Kier alpha value is -1.43. The van der Waals surface area contributed by atoms with Gasteiger partial charge in [0.25, 0.3) is 0 Å². The van der Waals surface area contributed by atoms with E-state index < -0.39 is 21.6 Å². The van der Waals surface area contributed by atoms with Crippen LogP contribution in [0, 0.1) is 12.7 Å². The third kappa shape index (κ3) is 3.81. The highest BCUT2D eigenvalue weighted by atomic mass is 32.2. The van der Waals surface area contributed by atoms with Gasteiger partial charge in [0.2, 0.25) is 0 Å². The monoisotopic (exact) mass is 260 g/mol. The van der Waals surface area contributed by atoms with Crippen LogP contribution >= 0.6 is 0 Å². The lowest BCUT2D eigenvalue weighted by atomic mass is 10.2. The lowest BCUT2D eigenvalue weighted by molar-refractivity contribution is -0.137. The van der Waals surface area contributed by atoms with Gasteiger partial charge in [-0.1, -0.05) is 0 Å². The summed E-state index contributed by atoms with van der Waals surface area (Å²) in [6, 6.07) is 3.54. The Morgan fingerprint density at radius 3 is 2.59 bits per heavy atom. The van der Waals surface area contributed by atoms with Crippen molar-refractivity contribution < 1.29 is 22.7 Å². The number of hydrogen-bond acceptors (Lipinski definition) is 3. The number of carboxylic acid groups (broad SMARTS) is 1. The fraction of sp³-hybridized carbons (Fsp3) is 0.364. The zero-order valence-corrected chi connectivity index (χ0v) is 10.1. The number of carboxylic acids is 1. The molecule has 0 spiro atoms. The van der Waals surface area contributed by atoms with Crippen LogP contribution in [0.4, 0.5) is 4.39 Å². The maximum absolute atomic E-state index is 13.0. The normalized spacial score (nSPS) is 11.4. The predicted molar refractivity (Wildman–Crippen MR) is 60.1 cm³/mol. The number of carbonyl (C=O) groups is 1. The molecule has 94 valence electrons. The molecule has 0 saturated carbocycles. The summed E-state index contributed by atoms with van der Waals surface area (Å²) in [6.07, 6.45) is -0.145. The molecule has 0 atom stereocenters. The van der Waals surface area contributed by atoms with Crippen molar-refractivity contribution in [2.45, 2.75) is 24.7 Å². The summed E-state index contributed by atoms with van der Waals surface area (Å²) in [5.41, 5.74) is 0.254. The quantitative estimate of drug-likeness (QED) is 0.819. The van der Waals surface area contributed by atoms with Gasteiger partial charge in [-0.25, -0.2) is 12.8 Å². The number of aliphatic carboxylic acids is 1. The molecule has 0 fully saturated rings. The van der Waals surface area contributed by atoms with E-state index in [1.54, 1.807) is 0 Å². The van der Waals surface area contributed by atoms with Gasteiger partial charge in [0.05, 0.1) is 10.6 Å². The predicted octanol–water partition coefficient (Wildman–Crippen LogP) is 1.77. The van der Waals surface area contributed by atoms with Crippen molar-refractivity contribution in [1.82, 2.24) is 0 Å². The van der Waals surface area contributed by atoms with Crippen molar-refractivity contribution >= 4 is 15.8 Å². The van der Waals surface area contributed by atoms with Crippen molar-refractivity contribution in [3.05, 3.63) is 29.6 Å². The third-order valence-electron chi connectivity index (χ3n) is 2.29. The fourth-order valence-electron chi connectivity index (χ4n) is 1.34. The first-order valence-electron chi connectivity index (χ1n) is 5.03. The molecule has 0 aliphatic heterocycles. The van der Waals surface area contributed by atoms with Crippen molar-refractivity contribution in [1.29, 1.82) is 0 Å². The van der Waals surface area contributed by atoms with Gasteiger partial charge in [0.15, 0.2) is 9.84 Å². The minimum absolute atomic E-state index is 0.0294. The smallest absolute Gasteiger partial charge is 0.303 e. The summed E-state index contributed by atoms with van der Waals surface area (Å²) < 4.78 is 36.5. The molecule has 0 saturated heterocycles. The van der Waals surface area contributed by atoms with Crippen molar-refractivity contribution in [3.8, 4) is 0 Å². The van der Waals surface area contributed by atoms with Crippen LogP contribution in [-0.4, -0.2) is 25.2 Å². The van der Waals surface area contributed by atoms with Gasteiger partial charge in [-0.15, -0.1) is 0 Å². The molecule has 17 heavy (non-hydrogen) atoms. The van der Waals surface area contributed by atoms with Crippen LogP contribution in [-0.2, 0) is 14.6 Å². The molecule has 0 aromatic heterocycles. The van der Waals surface area contributed by atoms with Gasteiger partial charge < -0.3 is 5.11 Å². The Bertz CT molecular complexity index is 522. The number of rotatable bonds is 5. The van der Waals surface area contributed by atoms with E-state index in [0.29, 0.717) is 0 Å². The molecule has 1 rings (SSSR count). The van der Waals surface area contributed by atoms with E-state index in [0.717, 1.165) is 6.07 Å². The SMILES string of the molecule is Cc1cc(S(=O)(=O)CCCC(=O)O)ccc1F. The number of sulfone groups is 1. The van der Waals surface area contributed by atoms with Gasteiger partial charge in [-0.2, -0.15) is 0 Å². The van der Waals surface area contributed by atoms with Crippen molar-refractivity contribution in [2.75, 3.05) is 5.75 Å². The minimum atomic E-state index is -3.53. The molecule has 1 aromatic carbocycles. The summed E-state index contributed by atoms with van der Waals surface area (Å²) in [5, 5.41) is 8.42. The highest BCUT2D eigenvalue weighted by Crippen LogP contribution is 2.16. The first kappa shape index (κ1) is 13.6. The molecule has 1 aromatic rings. The topological polar surface area (TPSA) is 71.4 Å². The lowest BCUT2D eigenvalue weighted by Crippen LogP contribution is -2.09. The Labute approximate surface area is 99.0 Å². The molecule has 1 N–H and O–H groups in total. The maximum atomic E-state index is 13.0. The zero-order chi connectivity index (χ0) is 13.1. The first-order chi connectivity index (χ1) is 7.83. The van der Waals surface area contributed by atoms with Crippen LogP contribution in [0.15, 0.2) is 23.1 Å². The van der Waals surface area contributed by atoms with Gasteiger partial charge in [-0.3, -0.25) is 4.79 Å². The summed E-state index contributed by atoms with van der Waals surface area (Å²) in [6.45, 7) is 1.48. The molecular weight excluding hydrogens is 247 g/mol. The second-order valence-electron chi connectivity index (χ2n) is 3.73. The van der Waals surface area contributed by atoms with Crippen LogP contribution in [0.1, 0.15) is 18.4 Å². The van der Waals surface area contributed by atoms with Crippen LogP contribution in [0.5, 0.6) is 0 Å². The lowest BCUT2D eigenvalue weighted by Gasteiger charge is -2.05. The number of halogens is 1. The number of hydrogen-bond donors (Lipinski definition) is 1. The van der Waals surface area contributed by atoms with E-state index in [1.807, 2.05) is 0 Å². The Morgan fingerprint density at radius 2 is 2.06 bits per heavy atom. The fourth-order valence-corrected chi connectivity index (χ4v) is 2.73. The Morgan fingerprint density at radius 1 is 1.41 bits per heavy atom. The Balaban J connectivity index is 2.82. The summed E-state index contributed by atoms with van der Waals surface area (Å²) in [4.78, 5) is 10.3. The third-order valence-corrected chi connectivity index (χ3v) is 4.09. The second kappa shape index (κ2) is 5.27. The van der Waals surface area contributed by atoms with Gasteiger partial charge in [0.1, 0.15) is 5.82 Å². The molecule has 0 amide bonds. The van der Waals surface area contributed by atoms with Crippen LogP contribution in [0.3, 0.4) is 0 Å². The number of aryl methyl sites for hydroxylation is 1. The summed E-state index contributed by atoms with van der Waals surface area (Å²) in [7, 11) is -3.53.